The number of halogens is 1. The summed E-state index contributed by atoms with van der Waals surface area (Å²) < 4.78 is 11.6. The summed E-state index contributed by atoms with van der Waals surface area (Å²) >= 11 is 5.87. The van der Waals surface area contributed by atoms with E-state index in [1.165, 1.54) is 13.3 Å². The second-order valence-electron chi connectivity index (χ2n) is 6.80. The van der Waals surface area contributed by atoms with Gasteiger partial charge in [0.05, 0.1) is 18.2 Å². The topological polar surface area (TPSA) is 94.6 Å². The molecule has 150 valence electrons. The summed E-state index contributed by atoms with van der Waals surface area (Å²) in [6.45, 7) is 0.971. The summed E-state index contributed by atoms with van der Waals surface area (Å²) in [7, 11) is 1.30. The number of hydrogen-bond donors (Lipinski definition) is 0. The molecule has 8 nitrogen and oxygen atoms in total. The maximum absolute atomic E-state index is 12.7. The molecule has 0 spiro atoms. The molecule has 29 heavy (non-hydrogen) atoms. The van der Waals surface area contributed by atoms with Gasteiger partial charge in [-0.05, 0) is 43.2 Å². The molecule has 2 aromatic heterocycles. The van der Waals surface area contributed by atoms with E-state index in [-0.39, 0.29) is 17.1 Å². The summed E-state index contributed by atoms with van der Waals surface area (Å²) in [6.07, 6.45) is 2.67. The normalized spacial score (nSPS) is 14.9. The SMILES string of the molecule is COC(=O)c1ccc2oc(=O)n(C3CCN(C(=O)c4ccnc(Cl)c4)CC3)c2c1. The van der Waals surface area contributed by atoms with Gasteiger partial charge < -0.3 is 14.1 Å². The lowest BCUT2D eigenvalue weighted by molar-refractivity contribution is 0.0600. The van der Waals surface area contributed by atoms with E-state index in [1.807, 2.05) is 0 Å². The number of benzene rings is 1. The van der Waals surface area contributed by atoms with Crippen molar-refractivity contribution in [3.8, 4) is 0 Å². The number of carbonyl (C=O) groups is 2. The minimum atomic E-state index is -0.483. The molecule has 1 aliphatic heterocycles. The zero-order valence-corrected chi connectivity index (χ0v) is 16.4. The van der Waals surface area contributed by atoms with Crippen LogP contribution in [0.5, 0.6) is 0 Å². The number of piperidine rings is 1. The van der Waals surface area contributed by atoms with Crippen molar-refractivity contribution in [1.82, 2.24) is 14.5 Å². The number of nitrogens with zero attached hydrogens (tertiary/aromatic N) is 3. The number of likely N-dealkylation sites (tertiary alicyclic amines) is 1. The fraction of sp³-hybridized carbons (Fsp3) is 0.300. The van der Waals surface area contributed by atoms with Gasteiger partial charge in [-0.1, -0.05) is 11.6 Å². The van der Waals surface area contributed by atoms with Crippen LogP contribution in [0, 0.1) is 0 Å². The van der Waals surface area contributed by atoms with Gasteiger partial charge in [0.2, 0.25) is 0 Å². The Hall–Kier alpha value is -3.13. The van der Waals surface area contributed by atoms with Crippen LogP contribution in [0.2, 0.25) is 5.15 Å². The van der Waals surface area contributed by atoms with Crippen LogP contribution in [0.15, 0.2) is 45.7 Å². The Bertz CT molecular complexity index is 1140. The molecule has 1 aliphatic rings. The maximum Gasteiger partial charge on any atom is 0.420 e. The van der Waals surface area contributed by atoms with Gasteiger partial charge >= 0.3 is 11.7 Å². The molecule has 0 aliphatic carbocycles. The van der Waals surface area contributed by atoms with Gasteiger partial charge in [0.25, 0.3) is 5.91 Å². The van der Waals surface area contributed by atoms with Crippen LogP contribution in [0.25, 0.3) is 11.1 Å². The van der Waals surface area contributed by atoms with Gasteiger partial charge in [-0.2, -0.15) is 0 Å². The second kappa shape index (κ2) is 7.71. The van der Waals surface area contributed by atoms with Crippen LogP contribution in [0.1, 0.15) is 39.6 Å². The van der Waals surface area contributed by atoms with Gasteiger partial charge in [-0.25, -0.2) is 14.6 Å². The van der Waals surface area contributed by atoms with Crippen LogP contribution in [-0.2, 0) is 4.74 Å². The lowest BCUT2D eigenvalue weighted by atomic mass is 10.0. The molecule has 9 heteroatoms. The molecule has 0 radical (unpaired) electrons. The highest BCUT2D eigenvalue weighted by molar-refractivity contribution is 6.29. The summed E-state index contributed by atoms with van der Waals surface area (Å²) in [5.74, 6) is -1.08. The largest absolute Gasteiger partial charge is 0.465 e. The molecule has 3 aromatic rings. The van der Waals surface area contributed by atoms with E-state index in [1.54, 1.807) is 39.8 Å². The number of methoxy groups -OCH3 is 1. The molecule has 0 bridgehead atoms. The maximum atomic E-state index is 12.7. The van der Waals surface area contributed by atoms with Gasteiger partial charge in [-0.3, -0.25) is 9.36 Å². The highest BCUT2D eigenvalue weighted by Crippen LogP contribution is 2.27. The van der Waals surface area contributed by atoms with Crippen molar-refractivity contribution >= 4 is 34.6 Å². The first-order valence-electron chi connectivity index (χ1n) is 9.12. The number of esters is 1. The van der Waals surface area contributed by atoms with E-state index >= 15 is 0 Å². The standard InChI is InChI=1S/C20H18ClN3O5/c1-28-19(26)13-2-3-16-15(10-13)24(20(27)29-16)14-5-8-23(9-6-14)18(25)12-4-7-22-17(21)11-12/h2-4,7,10-11,14H,5-6,8-9H2,1H3. The quantitative estimate of drug-likeness (QED) is 0.482. The van der Waals surface area contributed by atoms with Crippen LogP contribution in [0.3, 0.4) is 0 Å². The Morgan fingerprint density at radius 3 is 2.62 bits per heavy atom. The van der Waals surface area contributed by atoms with Crippen LogP contribution < -0.4 is 5.76 Å². The van der Waals surface area contributed by atoms with Gasteiger partial charge in [0.15, 0.2) is 5.58 Å². The predicted octanol–water partition coefficient (Wildman–Crippen LogP) is 2.91. The van der Waals surface area contributed by atoms with Crippen molar-refractivity contribution in [2.24, 2.45) is 0 Å². The summed E-state index contributed by atoms with van der Waals surface area (Å²) in [5.41, 5.74) is 1.78. The van der Waals surface area contributed by atoms with Crippen molar-refractivity contribution in [3.63, 3.8) is 0 Å². The fourth-order valence-electron chi connectivity index (χ4n) is 3.67. The third kappa shape index (κ3) is 3.63. The Morgan fingerprint density at radius 1 is 1.17 bits per heavy atom. The second-order valence-corrected chi connectivity index (χ2v) is 7.19. The number of ether oxygens (including phenoxy) is 1. The minimum absolute atomic E-state index is 0.120. The molecule has 0 atom stereocenters. The first kappa shape index (κ1) is 19.2. The Labute approximate surface area is 170 Å². The predicted molar refractivity (Wildman–Crippen MR) is 105 cm³/mol. The Morgan fingerprint density at radius 2 is 1.93 bits per heavy atom. The number of amides is 1. The first-order chi connectivity index (χ1) is 14.0. The number of pyridine rings is 1. The van der Waals surface area contributed by atoms with E-state index in [2.05, 4.69) is 4.98 Å². The third-order valence-electron chi connectivity index (χ3n) is 5.12. The van der Waals surface area contributed by atoms with Crippen LogP contribution >= 0.6 is 11.6 Å². The molecule has 3 heterocycles. The van der Waals surface area contributed by atoms with Crippen molar-refractivity contribution in [1.29, 1.82) is 0 Å². The van der Waals surface area contributed by atoms with Crippen molar-refractivity contribution < 1.29 is 18.7 Å². The van der Waals surface area contributed by atoms with Gasteiger partial charge in [0, 0.05) is 30.9 Å². The van der Waals surface area contributed by atoms with E-state index in [4.69, 9.17) is 20.8 Å². The summed E-state index contributed by atoms with van der Waals surface area (Å²) in [6, 6.07) is 7.78. The summed E-state index contributed by atoms with van der Waals surface area (Å²) in [5, 5.41) is 0.267. The van der Waals surface area contributed by atoms with Crippen LogP contribution in [0.4, 0.5) is 0 Å². The molecule has 1 saturated heterocycles. The Balaban J connectivity index is 1.56. The number of rotatable bonds is 3. The number of carbonyl (C=O) groups excluding carboxylic acids is 2. The molecular formula is C20H18ClN3O5. The zero-order valence-electron chi connectivity index (χ0n) is 15.6. The van der Waals surface area contributed by atoms with Crippen molar-refractivity contribution in [2.45, 2.75) is 18.9 Å². The van der Waals surface area contributed by atoms with E-state index in [0.29, 0.717) is 48.2 Å². The fourth-order valence-corrected chi connectivity index (χ4v) is 3.84. The first-order valence-corrected chi connectivity index (χ1v) is 9.50. The lowest BCUT2D eigenvalue weighted by Gasteiger charge is -2.32. The molecule has 1 aromatic carbocycles. The average molecular weight is 416 g/mol. The molecule has 0 unspecified atom stereocenters. The van der Waals surface area contributed by atoms with Crippen LogP contribution in [-0.4, -0.2) is 46.5 Å². The van der Waals surface area contributed by atoms with Gasteiger partial charge in [0.1, 0.15) is 5.15 Å². The van der Waals surface area contributed by atoms with Gasteiger partial charge in [-0.15, -0.1) is 0 Å². The van der Waals surface area contributed by atoms with Crippen molar-refractivity contribution in [3.05, 3.63) is 63.4 Å². The van der Waals surface area contributed by atoms with E-state index < -0.39 is 11.7 Å². The average Bonchev–Trinajstić information content (AvgIpc) is 3.07. The molecule has 0 saturated carbocycles. The smallest absolute Gasteiger partial charge is 0.420 e. The molecule has 1 amide bonds. The Kier molecular flexibility index (Phi) is 5.10. The monoisotopic (exact) mass is 415 g/mol. The number of aromatic nitrogens is 2. The van der Waals surface area contributed by atoms with E-state index in [9.17, 15) is 14.4 Å². The molecule has 0 N–H and O–H groups in total. The highest BCUT2D eigenvalue weighted by atomic mass is 35.5. The highest BCUT2D eigenvalue weighted by Gasteiger charge is 2.28. The third-order valence-corrected chi connectivity index (χ3v) is 5.33. The summed E-state index contributed by atoms with van der Waals surface area (Å²) in [4.78, 5) is 42.6. The number of hydrogen-bond acceptors (Lipinski definition) is 6. The minimum Gasteiger partial charge on any atom is -0.465 e. The number of fused-ring (bicyclic) bond motifs is 1. The van der Waals surface area contributed by atoms with E-state index in [0.717, 1.165) is 0 Å². The van der Waals surface area contributed by atoms with Crippen molar-refractivity contribution in [2.75, 3.05) is 20.2 Å². The lowest BCUT2D eigenvalue weighted by Crippen LogP contribution is -2.40. The zero-order chi connectivity index (χ0) is 20.5. The molecular weight excluding hydrogens is 398 g/mol. The molecule has 4 rings (SSSR count). The molecule has 1 fully saturated rings. The number of oxazole rings is 1.